The van der Waals surface area contributed by atoms with Crippen molar-refractivity contribution < 1.29 is 9.50 Å². The number of rotatable bonds is 5. The molecule has 2 aromatic rings. The molecule has 0 heterocycles. The Kier molecular flexibility index (Phi) is 5.01. The third kappa shape index (κ3) is 3.38. The topological polar surface area (TPSA) is 71.0 Å². The SMILES string of the molecule is Cc1ccc(C(O)(CN=CN=CN)c2ccccc2F)cc1. The van der Waals surface area contributed by atoms with Crippen LogP contribution in [0.5, 0.6) is 0 Å². The van der Waals surface area contributed by atoms with Crippen LogP contribution in [0, 0.1) is 12.7 Å². The Morgan fingerprint density at radius 3 is 2.50 bits per heavy atom. The van der Waals surface area contributed by atoms with Gasteiger partial charge in [-0.05, 0) is 18.6 Å². The highest BCUT2D eigenvalue weighted by Gasteiger charge is 2.33. The van der Waals surface area contributed by atoms with Crippen molar-refractivity contribution in [3.63, 3.8) is 0 Å². The number of benzene rings is 2. The normalized spacial score (nSPS) is 14.5. The van der Waals surface area contributed by atoms with E-state index in [2.05, 4.69) is 9.98 Å². The van der Waals surface area contributed by atoms with Gasteiger partial charge in [0, 0.05) is 5.56 Å². The Hall–Kier alpha value is -2.53. The van der Waals surface area contributed by atoms with Gasteiger partial charge in [-0.15, -0.1) is 0 Å². The van der Waals surface area contributed by atoms with Gasteiger partial charge < -0.3 is 10.8 Å². The van der Waals surface area contributed by atoms with Crippen LogP contribution in [0.2, 0.25) is 0 Å². The highest BCUT2D eigenvalue weighted by molar-refractivity contribution is 5.69. The van der Waals surface area contributed by atoms with Gasteiger partial charge in [0.2, 0.25) is 0 Å². The average molecular weight is 299 g/mol. The number of hydrogen-bond donors (Lipinski definition) is 2. The summed E-state index contributed by atoms with van der Waals surface area (Å²) >= 11 is 0. The molecule has 22 heavy (non-hydrogen) atoms. The second-order valence-electron chi connectivity index (χ2n) is 4.96. The Labute approximate surface area is 128 Å². The number of aliphatic imine (C=N–C) groups is 2. The largest absolute Gasteiger partial charge is 0.390 e. The summed E-state index contributed by atoms with van der Waals surface area (Å²) in [5.74, 6) is -0.483. The maximum absolute atomic E-state index is 14.2. The third-order valence-corrected chi connectivity index (χ3v) is 3.40. The van der Waals surface area contributed by atoms with E-state index in [1.807, 2.05) is 19.1 Å². The smallest absolute Gasteiger partial charge is 0.137 e. The van der Waals surface area contributed by atoms with Gasteiger partial charge >= 0.3 is 0 Å². The first-order valence-corrected chi connectivity index (χ1v) is 6.84. The highest BCUT2D eigenvalue weighted by Crippen LogP contribution is 2.32. The third-order valence-electron chi connectivity index (χ3n) is 3.40. The van der Waals surface area contributed by atoms with Crippen LogP contribution in [0.25, 0.3) is 0 Å². The predicted octanol–water partition coefficient (Wildman–Crippen LogP) is 2.39. The predicted molar refractivity (Wildman–Crippen MR) is 86.6 cm³/mol. The van der Waals surface area contributed by atoms with E-state index < -0.39 is 11.4 Å². The van der Waals surface area contributed by atoms with Crippen LogP contribution in [-0.2, 0) is 5.60 Å². The lowest BCUT2D eigenvalue weighted by atomic mass is 9.85. The van der Waals surface area contributed by atoms with E-state index in [4.69, 9.17) is 5.73 Å². The van der Waals surface area contributed by atoms with Crippen LogP contribution in [0.3, 0.4) is 0 Å². The molecule has 0 saturated heterocycles. The summed E-state index contributed by atoms with van der Waals surface area (Å²) < 4.78 is 14.2. The minimum Gasteiger partial charge on any atom is -0.390 e. The molecule has 0 aliphatic carbocycles. The summed E-state index contributed by atoms with van der Waals surface area (Å²) in [5, 5.41) is 11.1. The maximum atomic E-state index is 14.2. The summed E-state index contributed by atoms with van der Waals surface area (Å²) in [6.07, 6.45) is 2.33. The van der Waals surface area contributed by atoms with Gasteiger partial charge in [-0.3, -0.25) is 4.99 Å². The second-order valence-corrected chi connectivity index (χ2v) is 4.96. The molecule has 0 aliphatic rings. The first-order valence-electron chi connectivity index (χ1n) is 6.84. The number of nitrogens with two attached hydrogens (primary N) is 1. The standard InChI is InChI=1S/C17H18FN3O/c1-13-6-8-14(9-7-13)17(22,10-20-12-21-11-19)15-4-2-3-5-16(15)18/h2-9,11-12,22H,10H2,1H3,(H2,19,20,21). The van der Waals surface area contributed by atoms with Crippen molar-refractivity contribution in [2.75, 3.05) is 6.54 Å². The zero-order valence-electron chi connectivity index (χ0n) is 12.3. The Bertz CT molecular complexity index is 683. The fraction of sp³-hybridized carbons (Fsp3) is 0.176. The minimum absolute atomic E-state index is 0.0612. The number of nitrogens with zero attached hydrogens (tertiary/aromatic N) is 2. The van der Waals surface area contributed by atoms with Crippen LogP contribution in [-0.4, -0.2) is 24.3 Å². The number of aliphatic hydroxyl groups is 1. The molecule has 0 aliphatic heterocycles. The van der Waals surface area contributed by atoms with E-state index in [0.29, 0.717) is 5.56 Å². The van der Waals surface area contributed by atoms with Gasteiger partial charge in [-0.1, -0.05) is 48.0 Å². The summed E-state index contributed by atoms with van der Waals surface area (Å²) in [6.45, 7) is 1.88. The molecule has 0 radical (unpaired) electrons. The Balaban J connectivity index is 2.48. The molecular weight excluding hydrogens is 281 g/mol. The minimum atomic E-state index is -1.57. The van der Waals surface area contributed by atoms with Gasteiger partial charge in [0.05, 0.1) is 12.9 Å². The van der Waals surface area contributed by atoms with Gasteiger partial charge in [0.15, 0.2) is 0 Å². The quantitative estimate of drug-likeness (QED) is 0.657. The molecule has 114 valence electrons. The van der Waals surface area contributed by atoms with Crippen molar-refractivity contribution in [3.8, 4) is 0 Å². The number of halogens is 1. The lowest BCUT2D eigenvalue weighted by Crippen LogP contribution is -2.32. The number of hydrogen-bond acceptors (Lipinski definition) is 2. The molecule has 2 rings (SSSR count). The molecule has 0 fully saturated rings. The molecule has 0 amide bonds. The summed E-state index contributed by atoms with van der Waals surface area (Å²) in [7, 11) is 0. The van der Waals surface area contributed by atoms with Gasteiger partial charge in [-0.25, -0.2) is 9.38 Å². The van der Waals surface area contributed by atoms with Crippen molar-refractivity contribution >= 4 is 12.7 Å². The van der Waals surface area contributed by atoms with E-state index in [1.165, 1.54) is 12.4 Å². The average Bonchev–Trinajstić information content (AvgIpc) is 2.52. The van der Waals surface area contributed by atoms with Crippen molar-refractivity contribution in [2.45, 2.75) is 12.5 Å². The van der Waals surface area contributed by atoms with Crippen LogP contribution in [0.15, 0.2) is 58.5 Å². The first-order chi connectivity index (χ1) is 10.6. The molecular formula is C17H18FN3O. The second kappa shape index (κ2) is 6.95. The van der Waals surface area contributed by atoms with E-state index in [0.717, 1.165) is 11.9 Å². The fourth-order valence-corrected chi connectivity index (χ4v) is 2.22. The zero-order chi connectivity index (χ0) is 16.0. The van der Waals surface area contributed by atoms with Crippen LogP contribution >= 0.6 is 0 Å². The van der Waals surface area contributed by atoms with E-state index >= 15 is 0 Å². The lowest BCUT2D eigenvalue weighted by molar-refractivity contribution is 0.0868. The van der Waals surface area contributed by atoms with E-state index in [-0.39, 0.29) is 12.1 Å². The zero-order valence-corrected chi connectivity index (χ0v) is 12.3. The van der Waals surface area contributed by atoms with Gasteiger partial charge in [0.25, 0.3) is 0 Å². The molecule has 0 aromatic heterocycles. The highest BCUT2D eigenvalue weighted by atomic mass is 19.1. The monoisotopic (exact) mass is 299 g/mol. The molecule has 3 N–H and O–H groups in total. The summed E-state index contributed by atoms with van der Waals surface area (Å²) in [5.41, 5.74) is 5.36. The van der Waals surface area contributed by atoms with Gasteiger partial charge in [0.1, 0.15) is 17.8 Å². The number of aryl methyl sites for hydroxylation is 1. The van der Waals surface area contributed by atoms with E-state index in [1.54, 1.807) is 30.3 Å². The van der Waals surface area contributed by atoms with Crippen molar-refractivity contribution in [1.29, 1.82) is 0 Å². The molecule has 1 unspecified atom stereocenters. The van der Waals surface area contributed by atoms with Crippen molar-refractivity contribution in [3.05, 3.63) is 71.0 Å². The molecule has 0 spiro atoms. The molecule has 0 bridgehead atoms. The maximum Gasteiger partial charge on any atom is 0.137 e. The van der Waals surface area contributed by atoms with Crippen molar-refractivity contribution in [2.24, 2.45) is 15.7 Å². The van der Waals surface area contributed by atoms with E-state index in [9.17, 15) is 9.50 Å². The van der Waals surface area contributed by atoms with Crippen LogP contribution in [0.4, 0.5) is 4.39 Å². The molecule has 5 heteroatoms. The molecule has 2 aromatic carbocycles. The Morgan fingerprint density at radius 1 is 1.18 bits per heavy atom. The van der Waals surface area contributed by atoms with Crippen LogP contribution < -0.4 is 5.73 Å². The first kappa shape index (κ1) is 15.9. The molecule has 0 saturated carbocycles. The van der Waals surface area contributed by atoms with Crippen molar-refractivity contribution in [1.82, 2.24) is 0 Å². The van der Waals surface area contributed by atoms with Crippen LogP contribution in [0.1, 0.15) is 16.7 Å². The van der Waals surface area contributed by atoms with Gasteiger partial charge in [-0.2, -0.15) is 0 Å². The summed E-state index contributed by atoms with van der Waals surface area (Å²) in [6, 6.07) is 13.4. The molecule has 4 nitrogen and oxygen atoms in total. The fourth-order valence-electron chi connectivity index (χ4n) is 2.22. The lowest BCUT2D eigenvalue weighted by Gasteiger charge is -2.28. The molecule has 1 atom stereocenters. The Morgan fingerprint density at radius 2 is 1.86 bits per heavy atom. The summed E-state index contributed by atoms with van der Waals surface area (Å²) in [4.78, 5) is 7.68.